The molecule has 19 heavy (non-hydrogen) atoms. The first-order valence-electron chi connectivity index (χ1n) is 5.58. The number of rotatable bonds is 5. The molecule has 0 bridgehead atoms. The quantitative estimate of drug-likeness (QED) is 0.825. The number of sulfone groups is 1. The third-order valence-electron chi connectivity index (χ3n) is 2.38. The zero-order valence-corrected chi connectivity index (χ0v) is 11.8. The van der Waals surface area contributed by atoms with E-state index in [2.05, 4.69) is 5.32 Å². The lowest BCUT2D eigenvalue weighted by atomic mass is 10.1. The summed E-state index contributed by atoms with van der Waals surface area (Å²) in [6.07, 6.45) is 1.10. The van der Waals surface area contributed by atoms with Gasteiger partial charge in [-0.25, -0.2) is 8.42 Å². The maximum atomic E-state index is 11.9. The van der Waals surface area contributed by atoms with Gasteiger partial charge in [-0.1, -0.05) is 0 Å². The van der Waals surface area contributed by atoms with Crippen molar-refractivity contribution in [1.29, 1.82) is 0 Å². The van der Waals surface area contributed by atoms with Gasteiger partial charge in [-0.15, -0.1) is 0 Å². The normalized spacial score (nSPS) is 12.8. The van der Waals surface area contributed by atoms with Crippen molar-refractivity contribution in [1.82, 2.24) is 5.32 Å². The molecule has 1 unspecified atom stereocenters. The maximum Gasteiger partial charge on any atom is 0.255 e. The molecule has 0 aliphatic rings. The summed E-state index contributed by atoms with van der Waals surface area (Å²) in [5, 5.41) is 12.2. The summed E-state index contributed by atoms with van der Waals surface area (Å²) in [6.45, 7) is 1.58. The number of phenolic OH excluding ortho intramolecular Hbond substituents is 1. The average molecular weight is 287 g/mol. The molecule has 6 nitrogen and oxygen atoms in total. The number of nitrogens with one attached hydrogen (secondary N) is 1. The molecule has 0 heterocycles. The summed E-state index contributed by atoms with van der Waals surface area (Å²) in [5.74, 6) is -0.478. The Morgan fingerprint density at radius 2 is 2.11 bits per heavy atom. The van der Waals surface area contributed by atoms with E-state index in [-0.39, 0.29) is 17.1 Å². The Morgan fingerprint density at radius 1 is 1.47 bits per heavy atom. The Bertz CT molecular complexity index is 567. The number of amides is 1. The third-order valence-corrected chi connectivity index (χ3v) is 3.49. The minimum absolute atomic E-state index is 0.0705. The topological polar surface area (TPSA) is 92.7 Å². The van der Waals surface area contributed by atoms with Crippen LogP contribution in [0.4, 0.5) is 0 Å². The first-order valence-corrected chi connectivity index (χ1v) is 7.64. The molecule has 1 atom stereocenters. The number of hydrogen-bond donors (Lipinski definition) is 2. The Morgan fingerprint density at radius 3 is 2.58 bits per heavy atom. The number of aromatic hydroxyl groups is 1. The van der Waals surface area contributed by atoms with Crippen LogP contribution in [0.3, 0.4) is 0 Å². The highest BCUT2D eigenvalue weighted by Crippen LogP contribution is 2.23. The van der Waals surface area contributed by atoms with Crippen molar-refractivity contribution in [2.24, 2.45) is 0 Å². The molecule has 7 heteroatoms. The molecule has 0 aliphatic carbocycles. The minimum Gasteiger partial charge on any atom is -0.507 e. The molecule has 0 aliphatic heterocycles. The minimum atomic E-state index is -3.17. The molecular formula is C12H17NO5S. The van der Waals surface area contributed by atoms with Crippen molar-refractivity contribution in [3.63, 3.8) is 0 Å². The van der Waals surface area contributed by atoms with Crippen LogP contribution < -0.4 is 10.1 Å². The van der Waals surface area contributed by atoms with E-state index in [1.54, 1.807) is 6.92 Å². The van der Waals surface area contributed by atoms with Crippen LogP contribution in [0.25, 0.3) is 0 Å². The predicted molar refractivity (Wildman–Crippen MR) is 71.3 cm³/mol. The van der Waals surface area contributed by atoms with Crippen LogP contribution in [0, 0.1) is 0 Å². The lowest BCUT2D eigenvalue weighted by molar-refractivity contribution is 0.0941. The predicted octanol–water partition coefficient (Wildman–Crippen LogP) is 0.564. The summed E-state index contributed by atoms with van der Waals surface area (Å²) in [4.78, 5) is 11.9. The van der Waals surface area contributed by atoms with Gasteiger partial charge in [0.15, 0.2) is 0 Å². The number of hydrogen-bond acceptors (Lipinski definition) is 5. The van der Waals surface area contributed by atoms with E-state index in [0.29, 0.717) is 5.75 Å². The zero-order valence-electron chi connectivity index (χ0n) is 11.0. The number of methoxy groups -OCH3 is 1. The number of carbonyl (C=O) groups is 1. The van der Waals surface area contributed by atoms with Crippen LogP contribution in [0.5, 0.6) is 11.5 Å². The molecule has 106 valence electrons. The highest BCUT2D eigenvalue weighted by molar-refractivity contribution is 7.90. The van der Waals surface area contributed by atoms with E-state index < -0.39 is 21.8 Å². The molecule has 1 rings (SSSR count). The van der Waals surface area contributed by atoms with Gasteiger partial charge in [-0.3, -0.25) is 4.79 Å². The van der Waals surface area contributed by atoms with Gasteiger partial charge in [-0.05, 0) is 19.1 Å². The number of benzene rings is 1. The van der Waals surface area contributed by atoms with Crippen molar-refractivity contribution in [3.8, 4) is 11.5 Å². The molecule has 1 aromatic carbocycles. The molecule has 0 saturated heterocycles. The van der Waals surface area contributed by atoms with Gasteiger partial charge in [0.25, 0.3) is 5.91 Å². The number of phenols is 1. The second kappa shape index (κ2) is 5.92. The van der Waals surface area contributed by atoms with Gasteiger partial charge in [0.05, 0.1) is 18.4 Å². The smallest absolute Gasteiger partial charge is 0.255 e. The third kappa shape index (κ3) is 4.78. The van der Waals surface area contributed by atoms with E-state index in [9.17, 15) is 18.3 Å². The molecule has 2 N–H and O–H groups in total. The van der Waals surface area contributed by atoms with Gasteiger partial charge >= 0.3 is 0 Å². The molecule has 0 aromatic heterocycles. The molecule has 0 radical (unpaired) electrons. The van der Waals surface area contributed by atoms with Crippen molar-refractivity contribution < 1.29 is 23.1 Å². The summed E-state index contributed by atoms with van der Waals surface area (Å²) in [5.41, 5.74) is 0.0705. The van der Waals surface area contributed by atoms with Crippen molar-refractivity contribution in [2.75, 3.05) is 19.1 Å². The highest BCUT2D eigenvalue weighted by atomic mass is 32.2. The van der Waals surface area contributed by atoms with E-state index >= 15 is 0 Å². The lowest BCUT2D eigenvalue weighted by Gasteiger charge is -2.13. The second-order valence-electron chi connectivity index (χ2n) is 4.35. The van der Waals surface area contributed by atoms with E-state index in [0.717, 1.165) is 6.26 Å². The van der Waals surface area contributed by atoms with Crippen LogP contribution in [0.1, 0.15) is 17.3 Å². The van der Waals surface area contributed by atoms with E-state index in [4.69, 9.17) is 4.74 Å². The maximum absolute atomic E-state index is 11.9. The Balaban J connectivity index is 2.79. The first-order chi connectivity index (χ1) is 8.73. The van der Waals surface area contributed by atoms with Gasteiger partial charge in [0, 0.05) is 18.4 Å². The van der Waals surface area contributed by atoms with Crippen molar-refractivity contribution >= 4 is 15.7 Å². The molecule has 1 amide bonds. The largest absolute Gasteiger partial charge is 0.507 e. The van der Waals surface area contributed by atoms with Gasteiger partial charge in [0.2, 0.25) is 0 Å². The van der Waals surface area contributed by atoms with Gasteiger partial charge in [0.1, 0.15) is 21.3 Å². The van der Waals surface area contributed by atoms with Crippen LogP contribution in [-0.2, 0) is 9.84 Å². The average Bonchev–Trinajstić information content (AvgIpc) is 2.25. The summed E-state index contributed by atoms with van der Waals surface area (Å²) < 4.78 is 27.1. The van der Waals surface area contributed by atoms with Gasteiger partial charge < -0.3 is 15.2 Å². The summed E-state index contributed by atoms with van der Waals surface area (Å²) in [6, 6.07) is 3.73. The molecule has 0 fully saturated rings. The first kappa shape index (κ1) is 15.3. The molecule has 0 spiro atoms. The highest BCUT2D eigenvalue weighted by Gasteiger charge is 2.17. The fourth-order valence-corrected chi connectivity index (χ4v) is 2.62. The molecular weight excluding hydrogens is 270 g/mol. The molecule has 0 saturated carbocycles. The Kier molecular flexibility index (Phi) is 4.77. The van der Waals surface area contributed by atoms with E-state index in [1.165, 1.54) is 25.3 Å². The lowest BCUT2D eigenvalue weighted by Crippen LogP contribution is -2.37. The Labute approximate surface area is 112 Å². The van der Waals surface area contributed by atoms with Crippen molar-refractivity contribution in [2.45, 2.75) is 13.0 Å². The summed E-state index contributed by atoms with van der Waals surface area (Å²) in [7, 11) is -1.72. The van der Waals surface area contributed by atoms with Gasteiger partial charge in [-0.2, -0.15) is 0 Å². The van der Waals surface area contributed by atoms with Crippen LogP contribution in [-0.4, -0.2) is 44.6 Å². The second-order valence-corrected chi connectivity index (χ2v) is 6.53. The zero-order chi connectivity index (χ0) is 14.6. The SMILES string of the molecule is COc1ccc(C(=O)NC(C)CS(C)(=O)=O)c(O)c1. The van der Waals surface area contributed by atoms with Crippen LogP contribution >= 0.6 is 0 Å². The monoisotopic (exact) mass is 287 g/mol. The van der Waals surface area contributed by atoms with E-state index in [1.807, 2.05) is 0 Å². The molecule has 1 aromatic rings. The summed E-state index contributed by atoms with van der Waals surface area (Å²) >= 11 is 0. The van der Waals surface area contributed by atoms with Crippen LogP contribution in [0.15, 0.2) is 18.2 Å². The standard InChI is InChI=1S/C12H17NO5S/c1-8(7-19(3,16)17)13-12(15)10-5-4-9(18-2)6-11(10)14/h4-6,8,14H,7H2,1-3H3,(H,13,15). The van der Waals surface area contributed by atoms with Crippen molar-refractivity contribution in [3.05, 3.63) is 23.8 Å². The Hall–Kier alpha value is -1.76. The fraction of sp³-hybridized carbons (Fsp3) is 0.417. The number of ether oxygens (including phenoxy) is 1. The number of carbonyl (C=O) groups excluding carboxylic acids is 1. The van der Waals surface area contributed by atoms with Crippen LogP contribution in [0.2, 0.25) is 0 Å². The fourth-order valence-electron chi connectivity index (χ4n) is 1.63.